The van der Waals surface area contributed by atoms with E-state index in [1.54, 1.807) is 20.2 Å². The van der Waals surface area contributed by atoms with Crippen LogP contribution in [0.4, 0.5) is 0 Å². The van der Waals surface area contributed by atoms with Gasteiger partial charge in [0.25, 0.3) is 0 Å². The summed E-state index contributed by atoms with van der Waals surface area (Å²) in [5.41, 5.74) is 0.995. The van der Waals surface area contributed by atoms with Gasteiger partial charge in [0.2, 0.25) is 0 Å². The quantitative estimate of drug-likeness (QED) is 0.250. The van der Waals surface area contributed by atoms with Crippen LogP contribution in [0, 0.1) is 0 Å². The van der Waals surface area contributed by atoms with Gasteiger partial charge >= 0.3 is 0 Å². The molecular weight excluding hydrogens is 448 g/mol. The Morgan fingerprint density at radius 3 is 2.61 bits per heavy atom. The average Bonchev–Trinajstić information content (AvgIpc) is 2.49. The molecule has 0 fully saturated rings. The first-order valence-corrected chi connectivity index (χ1v) is 8.25. The Labute approximate surface area is 166 Å². The summed E-state index contributed by atoms with van der Waals surface area (Å²) in [6, 6.07) is 5.57. The highest BCUT2D eigenvalue weighted by molar-refractivity contribution is 14.0. The van der Waals surface area contributed by atoms with Crippen molar-refractivity contribution in [2.45, 2.75) is 32.2 Å². The highest BCUT2D eigenvalue weighted by atomic mass is 127. The van der Waals surface area contributed by atoms with Crippen LogP contribution in [0.1, 0.15) is 37.8 Å². The van der Waals surface area contributed by atoms with E-state index in [1.165, 1.54) is 0 Å². The van der Waals surface area contributed by atoms with Crippen LogP contribution in [0.25, 0.3) is 0 Å². The zero-order valence-electron chi connectivity index (χ0n) is 13.9. The number of halogens is 3. The van der Waals surface area contributed by atoms with Gasteiger partial charge in [-0.1, -0.05) is 29.3 Å². The second kappa shape index (κ2) is 13.1. The van der Waals surface area contributed by atoms with Gasteiger partial charge in [-0.2, -0.15) is 0 Å². The molecule has 0 heterocycles. The van der Waals surface area contributed by atoms with Gasteiger partial charge in [0, 0.05) is 37.4 Å². The van der Waals surface area contributed by atoms with Crippen LogP contribution in [0.15, 0.2) is 23.2 Å². The summed E-state index contributed by atoms with van der Waals surface area (Å²) >= 11 is 12.2. The first kappa shape index (κ1) is 22.8. The van der Waals surface area contributed by atoms with Gasteiger partial charge in [-0.3, -0.25) is 4.99 Å². The van der Waals surface area contributed by atoms with Crippen molar-refractivity contribution in [3.8, 4) is 0 Å². The smallest absolute Gasteiger partial charge is 0.191 e. The van der Waals surface area contributed by atoms with Crippen LogP contribution in [-0.2, 0) is 4.74 Å². The standard InChI is InChI=1S/C16H25Cl2N3O.HI/c1-12(14-8-7-13(17)11-15(14)18)21-16(19-2)20-9-5-4-6-10-22-3;/h7-8,11-12H,4-6,9-10H2,1-3H3,(H2,19,20,21);1H. The molecule has 132 valence electrons. The Morgan fingerprint density at radius 2 is 2.00 bits per heavy atom. The van der Waals surface area contributed by atoms with Gasteiger partial charge in [0.15, 0.2) is 5.96 Å². The SMILES string of the molecule is CN=C(NCCCCCOC)NC(C)c1ccc(Cl)cc1Cl.I. The lowest BCUT2D eigenvalue weighted by atomic mass is 10.1. The van der Waals surface area contributed by atoms with E-state index in [0.717, 1.165) is 43.9 Å². The third-order valence-electron chi connectivity index (χ3n) is 3.32. The fourth-order valence-electron chi connectivity index (χ4n) is 2.09. The van der Waals surface area contributed by atoms with Crippen molar-refractivity contribution in [1.82, 2.24) is 10.6 Å². The molecule has 0 saturated heterocycles. The molecule has 1 unspecified atom stereocenters. The molecule has 0 radical (unpaired) electrons. The van der Waals surface area contributed by atoms with E-state index in [9.17, 15) is 0 Å². The van der Waals surface area contributed by atoms with Gasteiger partial charge in [0.1, 0.15) is 0 Å². The molecule has 23 heavy (non-hydrogen) atoms. The monoisotopic (exact) mass is 473 g/mol. The van der Waals surface area contributed by atoms with Crippen LogP contribution in [0.5, 0.6) is 0 Å². The molecule has 0 spiro atoms. The third-order valence-corrected chi connectivity index (χ3v) is 3.89. The van der Waals surface area contributed by atoms with Gasteiger partial charge in [-0.05, 0) is 43.9 Å². The number of unbranched alkanes of at least 4 members (excludes halogenated alkanes) is 2. The van der Waals surface area contributed by atoms with Gasteiger partial charge in [-0.15, -0.1) is 24.0 Å². The van der Waals surface area contributed by atoms with Crippen LogP contribution < -0.4 is 10.6 Å². The lowest BCUT2D eigenvalue weighted by Gasteiger charge is -2.19. The molecule has 1 rings (SSSR count). The maximum Gasteiger partial charge on any atom is 0.191 e. The molecule has 1 aromatic carbocycles. The Hall–Kier alpha value is -0.240. The second-order valence-electron chi connectivity index (χ2n) is 5.08. The summed E-state index contributed by atoms with van der Waals surface area (Å²) < 4.78 is 5.03. The maximum atomic E-state index is 6.23. The number of ether oxygens (including phenoxy) is 1. The lowest BCUT2D eigenvalue weighted by Crippen LogP contribution is -2.39. The molecule has 7 heteroatoms. The first-order chi connectivity index (χ1) is 10.6. The largest absolute Gasteiger partial charge is 0.385 e. The fraction of sp³-hybridized carbons (Fsp3) is 0.562. The van der Waals surface area contributed by atoms with Crippen molar-refractivity contribution in [3.63, 3.8) is 0 Å². The number of guanidine groups is 1. The number of methoxy groups -OCH3 is 1. The summed E-state index contributed by atoms with van der Waals surface area (Å²) in [6.45, 7) is 3.74. The fourth-order valence-corrected chi connectivity index (χ4v) is 2.66. The van der Waals surface area contributed by atoms with Crippen molar-refractivity contribution >= 4 is 53.1 Å². The van der Waals surface area contributed by atoms with Crippen LogP contribution in [0.2, 0.25) is 10.0 Å². The van der Waals surface area contributed by atoms with E-state index in [1.807, 2.05) is 19.1 Å². The molecule has 4 nitrogen and oxygen atoms in total. The number of hydrogen-bond donors (Lipinski definition) is 2. The van der Waals surface area contributed by atoms with E-state index in [-0.39, 0.29) is 30.0 Å². The highest BCUT2D eigenvalue weighted by Gasteiger charge is 2.11. The highest BCUT2D eigenvalue weighted by Crippen LogP contribution is 2.25. The van der Waals surface area contributed by atoms with Gasteiger partial charge < -0.3 is 15.4 Å². The Kier molecular flexibility index (Phi) is 13.0. The molecule has 2 N–H and O–H groups in total. The normalized spacial score (nSPS) is 12.5. The molecule has 0 bridgehead atoms. The van der Waals surface area contributed by atoms with Crippen molar-refractivity contribution in [3.05, 3.63) is 33.8 Å². The third kappa shape index (κ3) is 8.98. The van der Waals surface area contributed by atoms with Crippen LogP contribution >= 0.6 is 47.2 Å². The number of rotatable bonds is 8. The number of benzene rings is 1. The summed E-state index contributed by atoms with van der Waals surface area (Å²) in [5.74, 6) is 0.769. The Morgan fingerprint density at radius 1 is 1.26 bits per heavy atom. The first-order valence-electron chi connectivity index (χ1n) is 7.49. The summed E-state index contributed by atoms with van der Waals surface area (Å²) in [7, 11) is 3.49. The van der Waals surface area contributed by atoms with Crippen molar-refractivity contribution in [2.24, 2.45) is 4.99 Å². The molecule has 0 aliphatic heterocycles. The predicted molar refractivity (Wildman–Crippen MR) is 111 cm³/mol. The average molecular weight is 474 g/mol. The Bertz CT molecular complexity index is 486. The Balaban J connectivity index is 0.00000484. The number of nitrogens with zero attached hydrogens (tertiary/aromatic N) is 1. The molecular formula is C16H26Cl2IN3O. The minimum Gasteiger partial charge on any atom is -0.385 e. The minimum absolute atomic E-state index is 0. The number of nitrogens with one attached hydrogen (secondary N) is 2. The van der Waals surface area contributed by atoms with Gasteiger partial charge in [0.05, 0.1) is 6.04 Å². The zero-order valence-corrected chi connectivity index (χ0v) is 17.7. The van der Waals surface area contributed by atoms with E-state index >= 15 is 0 Å². The molecule has 0 aliphatic carbocycles. The van der Waals surface area contributed by atoms with Crippen molar-refractivity contribution < 1.29 is 4.74 Å². The van der Waals surface area contributed by atoms with Crippen LogP contribution in [-0.4, -0.2) is 33.3 Å². The molecule has 1 atom stereocenters. The second-order valence-corrected chi connectivity index (χ2v) is 5.93. The van der Waals surface area contributed by atoms with E-state index in [0.29, 0.717) is 10.0 Å². The number of aliphatic imine (C=N–C) groups is 1. The van der Waals surface area contributed by atoms with Crippen molar-refractivity contribution in [1.29, 1.82) is 0 Å². The molecule has 0 aliphatic rings. The molecule has 1 aromatic rings. The van der Waals surface area contributed by atoms with Crippen molar-refractivity contribution in [2.75, 3.05) is 27.3 Å². The molecule has 0 amide bonds. The number of hydrogen-bond acceptors (Lipinski definition) is 2. The zero-order chi connectivity index (χ0) is 16.4. The summed E-state index contributed by atoms with van der Waals surface area (Å²) in [6.07, 6.45) is 3.30. The summed E-state index contributed by atoms with van der Waals surface area (Å²) in [4.78, 5) is 4.24. The minimum atomic E-state index is 0. The van der Waals surface area contributed by atoms with Gasteiger partial charge in [-0.25, -0.2) is 0 Å². The maximum absolute atomic E-state index is 6.23. The van der Waals surface area contributed by atoms with E-state index in [4.69, 9.17) is 27.9 Å². The predicted octanol–water partition coefficient (Wildman–Crippen LogP) is 4.65. The van der Waals surface area contributed by atoms with Crippen LogP contribution in [0.3, 0.4) is 0 Å². The van der Waals surface area contributed by atoms with E-state index in [2.05, 4.69) is 15.6 Å². The van der Waals surface area contributed by atoms with E-state index < -0.39 is 0 Å². The molecule has 0 saturated carbocycles. The topological polar surface area (TPSA) is 45.7 Å². The molecule has 0 aromatic heterocycles. The summed E-state index contributed by atoms with van der Waals surface area (Å²) in [5, 5.41) is 7.93. The lowest BCUT2D eigenvalue weighted by molar-refractivity contribution is 0.192.